The Bertz CT molecular complexity index is 419. The molecular weight excluding hydrogens is 248 g/mol. The van der Waals surface area contributed by atoms with E-state index in [0.29, 0.717) is 44.4 Å². The van der Waals surface area contributed by atoms with Crippen LogP contribution in [0, 0.1) is 0 Å². The minimum atomic E-state index is -0.513. The van der Waals surface area contributed by atoms with Crippen LogP contribution < -0.4 is 15.8 Å². The molecule has 104 valence electrons. The van der Waals surface area contributed by atoms with Gasteiger partial charge in [-0.3, -0.25) is 4.79 Å². The molecule has 1 aliphatic rings. The average Bonchev–Trinajstić information content (AvgIpc) is 2.44. The van der Waals surface area contributed by atoms with E-state index in [2.05, 4.69) is 5.32 Å². The molecule has 1 aliphatic heterocycles. The largest absolute Gasteiger partial charge is 0.492 e. The number of amides is 1. The average molecular weight is 266 g/mol. The van der Waals surface area contributed by atoms with E-state index in [4.69, 9.17) is 19.9 Å². The summed E-state index contributed by atoms with van der Waals surface area (Å²) in [7, 11) is 0. The third-order valence-electron chi connectivity index (χ3n) is 2.64. The summed E-state index contributed by atoms with van der Waals surface area (Å²) >= 11 is 0. The van der Waals surface area contributed by atoms with Gasteiger partial charge in [0.15, 0.2) is 6.10 Å². The minimum Gasteiger partial charge on any atom is -0.492 e. The zero-order chi connectivity index (χ0) is 13.5. The van der Waals surface area contributed by atoms with E-state index in [1.807, 2.05) is 12.1 Å². The molecule has 0 radical (unpaired) electrons. The molecule has 0 aromatic heterocycles. The van der Waals surface area contributed by atoms with E-state index in [-0.39, 0.29) is 5.91 Å². The molecule has 0 spiro atoms. The van der Waals surface area contributed by atoms with Gasteiger partial charge < -0.3 is 25.3 Å². The van der Waals surface area contributed by atoms with Crippen molar-refractivity contribution in [2.45, 2.75) is 6.10 Å². The molecule has 0 aliphatic carbocycles. The fraction of sp³-hybridized carbons (Fsp3) is 0.462. The van der Waals surface area contributed by atoms with Crippen LogP contribution in [-0.2, 0) is 14.3 Å². The normalized spacial score (nSPS) is 18.8. The first kappa shape index (κ1) is 13.6. The molecule has 1 atom stereocenters. The topological polar surface area (TPSA) is 82.8 Å². The second kappa shape index (κ2) is 6.96. The van der Waals surface area contributed by atoms with E-state index in [1.54, 1.807) is 12.1 Å². The first-order chi connectivity index (χ1) is 9.25. The molecule has 0 saturated carbocycles. The van der Waals surface area contributed by atoms with Gasteiger partial charge in [0.1, 0.15) is 12.4 Å². The van der Waals surface area contributed by atoms with Gasteiger partial charge in [-0.05, 0) is 12.1 Å². The van der Waals surface area contributed by atoms with E-state index in [1.165, 1.54) is 0 Å². The Morgan fingerprint density at radius 1 is 1.47 bits per heavy atom. The molecule has 1 aromatic rings. The summed E-state index contributed by atoms with van der Waals surface area (Å²) in [6.45, 7) is 2.10. The van der Waals surface area contributed by atoms with Crippen molar-refractivity contribution in [1.29, 1.82) is 0 Å². The zero-order valence-corrected chi connectivity index (χ0v) is 10.6. The molecule has 0 bridgehead atoms. The van der Waals surface area contributed by atoms with Crippen molar-refractivity contribution in [3.8, 4) is 5.75 Å². The quantitative estimate of drug-likeness (QED) is 0.587. The zero-order valence-electron chi connectivity index (χ0n) is 10.6. The highest BCUT2D eigenvalue weighted by molar-refractivity contribution is 5.80. The molecule has 1 fully saturated rings. The van der Waals surface area contributed by atoms with Gasteiger partial charge in [-0.2, -0.15) is 0 Å². The number of nitrogens with two attached hydrogens (primary N) is 1. The Kier molecular flexibility index (Phi) is 5.00. The SMILES string of the molecule is Nc1cccc(OCCNC(=O)C2COCCO2)c1. The number of benzene rings is 1. The van der Waals surface area contributed by atoms with Crippen LogP contribution in [0.3, 0.4) is 0 Å². The monoisotopic (exact) mass is 266 g/mol. The number of carbonyl (C=O) groups is 1. The first-order valence-electron chi connectivity index (χ1n) is 6.21. The number of nitrogens with one attached hydrogen (secondary N) is 1. The van der Waals surface area contributed by atoms with Crippen LogP contribution in [0.5, 0.6) is 5.75 Å². The van der Waals surface area contributed by atoms with Crippen molar-refractivity contribution in [3.63, 3.8) is 0 Å². The van der Waals surface area contributed by atoms with E-state index >= 15 is 0 Å². The summed E-state index contributed by atoms with van der Waals surface area (Å²) in [5.74, 6) is 0.516. The maximum absolute atomic E-state index is 11.7. The van der Waals surface area contributed by atoms with Crippen LogP contribution in [0.2, 0.25) is 0 Å². The summed E-state index contributed by atoms with van der Waals surface area (Å²) in [6.07, 6.45) is -0.513. The van der Waals surface area contributed by atoms with Gasteiger partial charge in [-0.25, -0.2) is 0 Å². The van der Waals surface area contributed by atoms with Crippen molar-refractivity contribution < 1.29 is 19.0 Å². The van der Waals surface area contributed by atoms with Gasteiger partial charge in [0.2, 0.25) is 0 Å². The lowest BCUT2D eigenvalue weighted by atomic mass is 10.3. The molecule has 2 rings (SSSR count). The highest BCUT2D eigenvalue weighted by Gasteiger charge is 2.21. The van der Waals surface area contributed by atoms with Gasteiger partial charge in [0.25, 0.3) is 5.91 Å². The summed E-state index contributed by atoms with van der Waals surface area (Å²) in [4.78, 5) is 11.7. The van der Waals surface area contributed by atoms with Crippen LogP contribution in [-0.4, -0.2) is 45.0 Å². The molecule has 3 N–H and O–H groups in total. The van der Waals surface area contributed by atoms with Crippen molar-refractivity contribution in [2.75, 3.05) is 38.7 Å². The number of hydrogen-bond acceptors (Lipinski definition) is 5. The molecule has 1 aromatic carbocycles. The number of anilines is 1. The molecule has 1 amide bonds. The second-order valence-corrected chi connectivity index (χ2v) is 4.15. The van der Waals surface area contributed by atoms with Crippen molar-refractivity contribution in [1.82, 2.24) is 5.32 Å². The standard InChI is InChI=1S/C13H18N2O4/c14-10-2-1-3-11(8-10)18-5-4-15-13(16)12-9-17-6-7-19-12/h1-3,8,12H,4-7,9,14H2,(H,15,16). The van der Waals surface area contributed by atoms with Gasteiger partial charge in [-0.1, -0.05) is 6.07 Å². The Hall–Kier alpha value is -1.79. The van der Waals surface area contributed by atoms with Crippen molar-refractivity contribution in [2.24, 2.45) is 0 Å². The lowest BCUT2D eigenvalue weighted by molar-refractivity contribution is -0.147. The summed E-state index contributed by atoms with van der Waals surface area (Å²) < 4.78 is 15.9. The van der Waals surface area contributed by atoms with Gasteiger partial charge in [-0.15, -0.1) is 0 Å². The van der Waals surface area contributed by atoms with Crippen LogP contribution in [0.15, 0.2) is 24.3 Å². The van der Waals surface area contributed by atoms with Crippen LogP contribution >= 0.6 is 0 Å². The molecule has 6 heteroatoms. The highest BCUT2D eigenvalue weighted by Crippen LogP contribution is 2.13. The third kappa shape index (κ3) is 4.42. The van der Waals surface area contributed by atoms with Gasteiger partial charge in [0.05, 0.1) is 26.4 Å². The maximum Gasteiger partial charge on any atom is 0.251 e. The number of nitrogen functional groups attached to an aromatic ring is 1. The van der Waals surface area contributed by atoms with Gasteiger partial charge >= 0.3 is 0 Å². The maximum atomic E-state index is 11.7. The Morgan fingerprint density at radius 3 is 3.11 bits per heavy atom. The molecule has 1 unspecified atom stereocenters. The fourth-order valence-corrected chi connectivity index (χ4v) is 1.70. The molecule has 6 nitrogen and oxygen atoms in total. The predicted molar refractivity (Wildman–Crippen MR) is 69.9 cm³/mol. The second-order valence-electron chi connectivity index (χ2n) is 4.15. The van der Waals surface area contributed by atoms with E-state index in [0.717, 1.165) is 0 Å². The molecule has 19 heavy (non-hydrogen) atoms. The summed E-state index contributed by atoms with van der Waals surface area (Å²) in [6, 6.07) is 7.15. The van der Waals surface area contributed by atoms with Gasteiger partial charge in [0, 0.05) is 11.8 Å². The molecule has 1 heterocycles. The number of carbonyl (C=O) groups excluding carboxylic acids is 1. The van der Waals surface area contributed by atoms with Crippen LogP contribution in [0.4, 0.5) is 5.69 Å². The highest BCUT2D eigenvalue weighted by atomic mass is 16.6. The van der Waals surface area contributed by atoms with Crippen LogP contribution in [0.1, 0.15) is 0 Å². The number of rotatable bonds is 5. The smallest absolute Gasteiger partial charge is 0.251 e. The lowest BCUT2D eigenvalue weighted by Crippen LogP contribution is -2.43. The minimum absolute atomic E-state index is 0.170. The summed E-state index contributed by atoms with van der Waals surface area (Å²) in [5.41, 5.74) is 6.28. The molecule has 1 saturated heterocycles. The molecular formula is C13H18N2O4. The lowest BCUT2D eigenvalue weighted by Gasteiger charge is -2.22. The Morgan fingerprint density at radius 2 is 2.37 bits per heavy atom. The Labute approximate surface area is 111 Å². The third-order valence-corrected chi connectivity index (χ3v) is 2.64. The fourth-order valence-electron chi connectivity index (χ4n) is 1.70. The van der Waals surface area contributed by atoms with E-state index < -0.39 is 6.10 Å². The van der Waals surface area contributed by atoms with E-state index in [9.17, 15) is 4.79 Å². The van der Waals surface area contributed by atoms with Crippen molar-refractivity contribution >= 4 is 11.6 Å². The van der Waals surface area contributed by atoms with Crippen molar-refractivity contribution in [3.05, 3.63) is 24.3 Å². The summed E-state index contributed by atoms with van der Waals surface area (Å²) in [5, 5.41) is 2.74. The predicted octanol–water partition coefficient (Wildman–Crippen LogP) is 0.179. The number of ether oxygens (including phenoxy) is 3. The van der Waals surface area contributed by atoms with Crippen LogP contribution in [0.25, 0.3) is 0 Å². The first-order valence-corrected chi connectivity index (χ1v) is 6.21. The Balaban J connectivity index is 1.65. The number of hydrogen-bond donors (Lipinski definition) is 2.